The SMILES string of the molecule is CCOc1cc(CNCC(O)(CC)CC)cc(Cl)c1OC. The van der Waals surface area contributed by atoms with Crippen molar-refractivity contribution in [2.45, 2.75) is 45.8 Å². The first kappa shape index (κ1) is 18.1. The molecule has 1 rings (SSSR count). The molecule has 0 unspecified atom stereocenters. The van der Waals surface area contributed by atoms with E-state index in [1.54, 1.807) is 7.11 Å². The zero-order chi connectivity index (χ0) is 15.9. The van der Waals surface area contributed by atoms with Crippen LogP contribution < -0.4 is 14.8 Å². The number of rotatable bonds is 9. The number of aliphatic hydroxyl groups is 1. The standard InChI is InChI=1S/C16H26ClNO3/c1-5-16(19,6-2)11-18-10-12-8-13(17)15(20-4)14(9-12)21-7-3/h8-9,18-19H,5-7,10-11H2,1-4H3. The van der Waals surface area contributed by atoms with Crippen LogP contribution in [-0.4, -0.2) is 31.0 Å². The molecule has 0 saturated heterocycles. The fourth-order valence-electron chi connectivity index (χ4n) is 2.12. The number of hydrogen-bond acceptors (Lipinski definition) is 4. The van der Waals surface area contributed by atoms with Gasteiger partial charge in [0.1, 0.15) is 0 Å². The van der Waals surface area contributed by atoms with E-state index in [1.165, 1.54) is 0 Å². The summed E-state index contributed by atoms with van der Waals surface area (Å²) in [4.78, 5) is 0. The largest absolute Gasteiger partial charge is 0.491 e. The molecule has 0 fully saturated rings. The van der Waals surface area contributed by atoms with E-state index in [0.29, 0.717) is 36.2 Å². The zero-order valence-electron chi connectivity index (χ0n) is 13.3. The lowest BCUT2D eigenvalue weighted by molar-refractivity contribution is 0.0323. The Morgan fingerprint density at radius 1 is 1.24 bits per heavy atom. The summed E-state index contributed by atoms with van der Waals surface area (Å²) in [5.74, 6) is 1.20. The highest BCUT2D eigenvalue weighted by Crippen LogP contribution is 2.36. The topological polar surface area (TPSA) is 50.7 Å². The molecule has 0 aliphatic rings. The van der Waals surface area contributed by atoms with Gasteiger partial charge in [0.25, 0.3) is 0 Å². The van der Waals surface area contributed by atoms with E-state index in [4.69, 9.17) is 21.1 Å². The highest BCUT2D eigenvalue weighted by atomic mass is 35.5. The van der Waals surface area contributed by atoms with Gasteiger partial charge in [0.05, 0.1) is 24.3 Å². The summed E-state index contributed by atoms with van der Waals surface area (Å²) in [7, 11) is 1.57. The van der Waals surface area contributed by atoms with Crippen LogP contribution in [0.2, 0.25) is 5.02 Å². The van der Waals surface area contributed by atoms with Gasteiger partial charge in [0.15, 0.2) is 11.5 Å². The van der Waals surface area contributed by atoms with Gasteiger partial charge in [-0.3, -0.25) is 0 Å². The minimum atomic E-state index is -0.654. The molecule has 0 spiro atoms. The van der Waals surface area contributed by atoms with E-state index < -0.39 is 5.60 Å². The van der Waals surface area contributed by atoms with Crippen LogP contribution in [0.3, 0.4) is 0 Å². The summed E-state index contributed by atoms with van der Waals surface area (Å²) >= 11 is 6.21. The number of halogens is 1. The van der Waals surface area contributed by atoms with Crippen LogP contribution in [0.15, 0.2) is 12.1 Å². The zero-order valence-corrected chi connectivity index (χ0v) is 14.1. The fourth-order valence-corrected chi connectivity index (χ4v) is 2.43. The third kappa shape index (κ3) is 5.06. The highest BCUT2D eigenvalue weighted by Gasteiger charge is 2.21. The van der Waals surface area contributed by atoms with Gasteiger partial charge in [-0.1, -0.05) is 25.4 Å². The Morgan fingerprint density at radius 3 is 2.43 bits per heavy atom. The molecule has 0 heterocycles. The van der Waals surface area contributed by atoms with Crippen LogP contribution in [0, 0.1) is 0 Å². The minimum Gasteiger partial charge on any atom is -0.491 e. The first-order valence-corrected chi connectivity index (χ1v) is 7.79. The van der Waals surface area contributed by atoms with Crippen molar-refractivity contribution in [3.8, 4) is 11.5 Å². The lowest BCUT2D eigenvalue weighted by Crippen LogP contribution is -2.39. The monoisotopic (exact) mass is 315 g/mol. The van der Waals surface area contributed by atoms with Crippen molar-refractivity contribution in [1.29, 1.82) is 0 Å². The lowest BCUT2D eigenvalue weighted by Gasteiger charge is -2.25. The first-order valence-electron chi connectivity index (χ1n) is 7.42. The molecule has 0 atom stereocenters. The predicted octanol–water partition coefficient (Wildman–Crippen LogP) is 3.39. The van der Waals surface area contributed by atoms with E-state index in [2.05, 4.69) is 5.32 Å². The van der Waals surface area contributed by atoms with Crippen LogP contribution >= 0.6 is 11.6 Å². The van der Waals surface area contributed by atoms with E-state index in [9.17, 15) is 5.11 Å². The molecule has 0 aliphatic carbocycles. The van der Waals surface area contributed by atoms with Gasteiger partial charge in [0, 0.05) is 13.1 Å². The molecule has 2 N–H and O–H groups in total. The van der Waals surface area contributed by atoms with Crippen LogP contribution in [-0.2, 0) is 6.54 Å². The molecular weight excluding hydrogens is 290 g/mol. The van der Waals surface area contributed by atoms with Crippen molar-refractivity contribution in [2.75, 3.05) is 20.3 Å². The normalized spacial score (nSPS) is 11.5. The van der Waals surface area contributed by atoms with Gasteiger partial charge in [-0.2, -0.15) is 0 Å². The van der Waals surface area contributed by atoms with Gasteiger partial charge in [-0.05, 0) is 37.5 Å². The number of hydrogen-bond donors (Lipinski definition) is 2. The Bertz CT molecular complexity index is 447. The third-order valence-corrected chi connectivity index (χ3v) is 3.95. The molecule has 0 amide bonds. The molecule has 5 heteroatoms. The maximum Gasteiger partial charge on any atom is 0.179 e. The molecule has 21 heavy (non-hydrogen) atoms. The van der Waals surface area contributed by atoms with E-state index >= 15 is 0 Å². The second kappa shape index (κ2) is 8.47. The Morgan fingerprint density at radius 2 is 1.90 bits per heavy atom. The Labute approximate surface area is 132 Å². The number of benzene rings is 1. The number of ether oxygens (including phenoxy) is 2. The first-order chi connectivity index (χ1) is 9.99. The summed E-state index contributed by atoms with van der Waals surface area (Å²) in [5, 5.41) is 14.1. The second-order valence-electron chi connectivity index (χ2n) is 5.08. The van der Waals surface area contributed by atoms with Gasteiger partial charge >= 0.3 is 0 Å². The van der Waals surface area contributed by atoms with E-state index in [1.807, 2.05) is 32.9 Å². The van der Waals surface area contributed by atoms with Crippen molar-refractivity contribution >= 4 is 11.6 Å². The average molecular weight is 316 g/mol. The molecule has 0 bridgehead atoms. The van der Waals surface area contributed by atoms with Gasteiger partial charge in [-0.15, -0.1) is 0 Å². The summed E-state index contributed by atoms with van der Waals surface area (Å²) in [6.45, 7) is 7.61. The van der Waals surface area contributed by atoms with Crippen LogP contribution in [0.5, 0.6) is 11.5 Å². The quantitative estimate of drug-likeness (QED) is 0.733. The maximum atomic E-state index is 10.2. The molecule has 0 saturated carbocycles. The van der Waals surface area contributed by atoms with Gasteiger partial charge < -0.3 is 19.9 Å². The Kier molecular flexibility index (Phi) is 7.29. The van der Waals surface area contributed by atoms with Gasteiger partial charge in [-0.25, -0.2) is 0 Å². The summed E-state index contributed by atoms with van der Waals surface area (Å²) < 4.78 is 10.8. The minimum absolute atomic E-state index is 0.529. The predicted molar refractivity (Wildman–Crippen MR) is 86.4 cm³/mol. The third-order valence-electron chi connectivity index (χ3n) is 3.67. The molecule has 0 aromatic heterocycles. The maximum absolute atomic E-state index is 10.2. The van der Waals surface area contributed by atoms with E-state index in [-0.39, 0.29) is 0 Å². The molecule has 0 aliphatic heterocycles. The summed E-state index contributed by atoms with van der Waals surface area (Å²) in [6.07, 6.45) is 1.45. The van der Waals surface area contributed by atoms with Crippen molar-refractivity contribution in [2.24, 2.45) is 0 Å². The summed E-state index contributed by atoms with van der Waals surface area (Å²) in [5.41, 5.74) is 0.345. The fraction of sp³-hybridized carbons (Fsp3) is 0.625. The summed E-state index contributed by atoms with van der Waals surface area (Å²) in [6, 6.07) is 3.77. The van der Waals surface area contributed by atoms with Crippen LogP contribution in [0.1, 0.15) is 39.2 Å². The molecule has 0 radical (unpaired) electrons. The molecule has 4 nitrogen and oxygen atoms in total. The Balaban J connectivity index is 2.76. The number of methoxy groups -OCH3 is 1. The van der Waals surface area contributed by atoms with Crippen molar-refractivity contribution in [3.05, 3.63) is 22.7 Å². The number of nitrogens with one attached hydrogen (secondary N) is 1. The molecule has 1 aromatic rings. The van der Waals surface area contributed by atoms with Gasteiger partial charge in [0.2, 0.25) is 0 Å². The molecule has 1 aromatic carbocycles. The van der Waals surface area contributed by atoms with Crippen LogP contribution in [0.4, 0.5) is 0 Å². The smallest absolute Gasteiger partial charge is 0.179 e. The molecule has 120 valence electrons. The molecular formula is C16H26ClNO3. The van der Waals surface area contributed by atoms with Crippen molar-refractivity contribution < 1.29 is 14.6 Å². The van der Waals surface area contributed by atoms with Crippen molar-refractivity contribution in [3.63, 3.8) is 0 Å². The van der Waals surface area contributed by atoms with E-state index in [0.717, 1.165) is 18.4 Å². The Hall–Kier alpha value is -0.970. The lowest BCUT2D eigenvalue weighted by atomic mass is 9.97. The highest BCUT2D eigenvalue weighted by molar-refractivity contribution is 6.32. The van der Waals surface area contributed by atoms with Crippen molar-refractivity contribution in [1.82, 2.24) is 5.32 Å². The van der Waals surface area contributed by atoms with Crippen LogP contribution in [0.25, 0.3) is 0 Å². The average Bonchev–Trinajstić information content (AvgIpc) is 2.47. The second-order valence-corrected chi connectivity index (χ2v) is 5.48.